The number of benzene rings is 2. The molecule has 0 aliphatic carbocycles. The van der Waals surface area contributed by atoms with Crippen LogP contribution in [0.4, 0.5) is 4.39 Å². The van der Waals surface area contributed by atoms with Gasteiger partial charge in [0.1, 0.15) is 5.82 Å². The number of rotatable bonds is 5. The number of carbonyl (C=O) groups is 1. The number of hydrogen-bond donors (Lipinski definition) is 2. The van der Waals surface area contributed by atoms with Crippen LogP contribution in [-0.2, 0) is 17.8 Å². The summed E-state index contributed by atoms with van der Waals surface area (Å²) < 4.78 is 15.2. The molecule has 0 radical (unpaired) electrons. The maximum absolute atomic E-state index is 13.2. The first kappa shape index (κ1) is 18.6. The van der Waals surface area contributed by atoms with E-state index in [-0.39, 0.29) is 11.7 Å². The Morgan fingerprint density at radius 1 is 1.20 bits per heavy atom. The van der Waals surface area contributed by atoms with Crippen LogP contribution in [0.5, 0.6) is 0 Å². The van der Waals surface area contributed by atoms with Gasteiger partial charge in [0.05, 0.1) is 18.7 Å². The van der Waals surface area contributed by atoms with Crippen molar-refractivity contribution >= 4 is 33.1 Å². The molecule has 5 aromatic rings. The van der Waals surface area contributed by atoms with Crippen LogP contribution < -0.4 is 5.32 Å². The number of halogens is 1. The molecule has 0 aliphatic heterocycles. The molecule has 5 rings (SSSR count). The van der Waals surface area contributed by atoms with Gasteiger partial charge < -0.3 is 10.3 Å². The van der Waals surface area contributed by atoms with Gasteiger partial charge in [-0.05, 0) is 42.8 Å². The summed E-state index contributed by atoms with van der Waals surface area (Å²) in [5.41, 5.74) is 4.75. The summed E-state index contributed by atoms with van der Waals surface area (Å²) in [7, 11) is 0. The highest BCUT2D eigenvalue weighted by Gasteiger charge is 2.14. The Hall–Kier alpha value is -3.45. The van der Waals surface area contributed by atoms with Crippen molar-refractivity contribution in [2.24, 2.45) is 0 Å². The first-order chi connectivity index (χ1) is 14.6. The Morgan fingerprint density at radius 3 is 2.80 bits per heavy atom. The van der Waals surface area contributed by atoms with Gasteiger partial charge in [0.15, 0.2) is 4.96 Å². The number of amides is 1. The molecule has 0 fully saturated rings. The number of carbonyl (C=O) groups excluding carboxylic acids is 1. The molecule has 0 atom stereocenters. The average Bonchev–Trinajstić information content (AvgIpc) is 3.42. The molecule has 0 saturated carbocycles. The molecule has 3 aromatic heterocycles. The molecule has 150 valence electrons. The fourth-order valence-electron chi connectivity index (χ4n) is 3.61. The number of nitrogens with zero attached hydrogens (tertiary/aromatic N) is 2. The van der Waals surface area contributed by atoms with Crippen LogP contribution in [-0.4, -0.2) is 20.3 Å². The maximum atomic E-state index is 13.2. The van der Waals surface area contributed by atoms with E-state index in [9.17, 15) is 9.18 Å². The molecular weight excluding hydrogens is 399 g/mol. The van der Waals surface area contributed by atoms with Gasteiger partial charge >= 0.3 is 0 Å². The SMILES string of the molecule is Cc1c(CNC(=O)Cc2c[nH]c3ccccc23)sc2nc(-c3ccc(F)cc3)cn12. The van der Waals surface area contributed by atoms with Crippen LogP contribution >= 0.6 is 11.3 Å². The topological polar surface area (TPSA) is 62.2 Å². The molecule has 0 spiro atoms. The lowest BCUT2D eigenvalue weighted by atomic mass is 10.1. The van der Waals surface area contributed by atoms with Gasteiger partial charge in [-0.25, -0.2) is 9.37 Å². The lowest BCUT2D eigenvalue weighted by Gasteiger charge is -2.04. The molecule has 0 bridgehead atoms. The zero-order valence-corrected chi connectivity index (χ0v) is 17.1. The molecule has 7 heteroatoms. The van der Waals surface area contributed by atoms with Crippen LogP contribution in [0.25, 0.3) is 27.1 Å². The minimum absolute atomic E-state index is 0.0165. The second-order valence-corrected chi connectivity index (χ2v) is 8.27. The number of thiazole rings is 1. The lowest BCUT2D eigenvalue weighted by Crippen LogP contribution is -2.24. The summed E-state index contributed by atoms with van der Waals surface area (Å²) in [6.07, 6.45) is 4.18. The minimum Gasteiger partial charge on any atom is -0.361 e. The van der Waals surface area contributed by atoms with Crippen molar-refractivity contribution in [2.45, 2.75) is 19.9 Å². The first-order valence-electron chi connectivity index (χ1n) is 9.63. The van der Waals surface area contributed by atoms with Gasteiger partial charge in [-0.15, -0.1) is 0 Å². The predicted molar refractivity (Wildman–Crippen MR) is 117 cm³/mol. The van der Waals surface area contributed by atoms with E-state index in [0.29, 0.717) is 13.0 Å². The van der Waals surface area contributed by atoms with Crippen molar-refractivity contribution in [3.63, 3.8) is 0 Å². The number of imidazole rings is 1. The van der Waals surface area contributed by atoms with Crippen molar-refractivity contribution in [1.82, 2.24) is 19.7 Å². The summed E-state index contributed by atoms with van der Waals surface area (Å²) in [5, 5.41) is 4.10. The van der Waals surface area contributed by atoms with E-state index >= 15 is 0 Å². The molecule has 3 heterocycles. The quantitative estimate of drug-likeness (QED) is 0.429. The fourth-order valence-corrected chi connectivity index (χ4v) is 4.65. The number of H-pyrrole nitrogens is 1. The third-order valence-corrected chi connectivity index (χ3v) is 6.42. The van der Waals surface area contributed by atoms with Gasteiger partial charge in [-0.3, -0.25) is 9.20 Å². The zero-order chi connectivity index (χ0) is 20.7. The largest absolute Gasteiger partial charge is 0.361 e. The highest BCUT2D eigenvalue weighted by atomic mass is 32.1. The van der Waals surface area contributed by atoms with Crippen molar-refractivity contribution in [2.75, 3.05) is 0 Å². The summed E-state index contributed by atoms with van der Waals surface area (Å²) in [4.78, 5) is 22.3. The van der Waals surface area contributed by atoms with Gasteiger partial charge in [-0.1, -0.05) is 29.5 Å². The summed E-state index contributed by atoms with van der Waals surface area (Å²) in [6, 6.07) is 14.3. The predicted octanol–water partition coefficient (Wildman–Crippen LogP) is 4.85. The molecule has 0 aliphatic rings. The molecule has 0 saturated heterocycles. The number of aromatic nitrogens is 3. The van der Waals surface area contributed by atoms with E-state index in [1.54, 1.807) is 23.5 Å². The Kier molecular flexibility index (Phi) is 4.59. The maximum Gasteiger partial charge on any atom is 0.224 e. The summed E-state index contributed by atoms with van der Waals surface area (Å²) >= 11 is 1.55. The highest BCUT2D eigenvalue weighted by molar-refractivity contribution is 7.17. The number of nitrogens with one attached hydrogen (secondary N) is 2. The second kappa shape index (κ2) is 7.42. The Labute approximate surface area is 176 Å². The fraction of sp³-hybridized carbons (Fsp3) is 0.130. The summed E-state index contributed by atoms with van der Waals surface area (Å²) in [5.74, 6) is -0.279. The molecule has 0 unspecified atom stereocenters. The standard InChI is InChI=1S/C23H19FN4OS/c1-14-21(12-26-22(29)10-16-11-25-19-5-3-2-4-18(16)19)30-23-27-20(13-28(14)23)15-6-8-17(24)9-7-15/h2-9,11,13,25H,10,12H2,1H3,(H,26,29). The van der Waals surface area contributed by atoms with Crippen molar-refractivity contribution in [3.05, 3.63) is 82.9 Å². The smallest absolute Gasteiger partial charge is 0.224 e. The Morgan fingerprint density at radius 2 is 2.00 bits per heavy atom. The van der Waals surface area contributed by atoms with Crippen LogP contribution in [0.15, 0.2) is 60.9 Å². The highest BCUT2D eigenvalue weighted by Crippen LogP contribution is 2.27. The number of fused-ring (bicyclic) bond motifs is 2. The minimum atomic E-state index is -0.262. The second-order valence-electron chi connectivity index (χ2n) is 7.21. The summed E-state index contributed by atoms with van der Waals surface area (Å²) in [6.45, 7) is 2.48. The Bertz CT molecular complexity index is 1360. The number of para-hydroxylation sites is 1. The normalized spacial score (nSPS) is 11.4. The number of aryl methyl sites for hydroxylation is 1. The van der Waals surface area contributed by atoms with Gasteiger partial charge in [-0.2, -0.15) is 0 Å². The van der Waals surface area contributed by atoms with Gasteiger partial charge in [0.2, 0.25) is 5.91 Å². The van der Waals surface area contributed by atoms with E-state index in [1.165, 1.54) is 12.1 Å². The van der Waals surface area contributed by atoms with Crippen molar-refractivity contribution in [1.29, 1.82) is 0 Å². The van der Waals surface area contributed by atoms with E-state index in [4.69, 9.17) is 0 Å². The lowest BCUT2D eigenvalue weighted by molar-refractivity contribution is -0.120. The molecular formula is C23H19FN4OS. The van der Waals surface area contributed by atoms with Crippen LogP contribution in [0.3, 0.4) is 0 Å². The molecule has 30 heavy (non-hydrogen) atoms. The average molecular weight is 418 g/mol. The number of hydrogen-bond acceptors (Lipinski definition) is 3. The van der Waals surface area contributed by atoms with Crippen molar-refractivity contribution in [3.8, 4) is 11.3 Å². The molecule has 2 aromatic carbocycles. The Balaban J connectivity index is 1.29. The molecule has 1 amide bonds. The third-order valence-electron chi connectivity index (χ3n) is 5.26. The van der Waals surface area contributed by atoms with Crippen molar-refractivity contribution < 1.29 is 9.18 Å². The van der Waals surface area contributed by atoms with E-state index in [1.807, 2.05) is 48.0 Å². The number of aromatic amines is 1. The molecule has 2 N–H and O–H groups in total. The molecule has 5 nitrogen and oxygen atoms in total. The third kappa shape index (κ3) is 3.37. The van der Waals surface area contributed by atoms with Crippen LogP contribution in [0, 0.1) is 12.7 Å². The van der Waals surface area contributed by atoms with Crippen LogP contribution in [0.2, 0.25) is 0 Å². The monoisotopic (exact) mass is 418 g/mol. The van der Waals surface area contributed by atoms with Gasteiger partial charge in [0.25, 0.3) is 0 Å². The zero-order valence-electron chi connectivity index (χ0n) is 16.3. The van der Waals surface area contributed by atoms with E-state index in [0.717, 1.165) is 43.3 Å². The van der Waals surface area contributed by atoms with E-state index < -0.39 is 0 Å². The van der Waals surface area contributed by atoms with Crippen LogP contribution in [0.1, 0.15) is 16.1 Å². The van der Waals surface area contributed by atoms with E-state index in [2.05, 4.69) is 15.3 Å². The first-order valence-corrected chi connectivity index (χ1v) is 10.4. The van der Waals surface area contributed by atoms with Gasteiger partial charge in [0, 0.05) is 39.4 Å².